The molecule has 0 amide bonds. The van der Waals surface area contributed by atoms with Crippen molar-refractivity contribution >= 4 is 17.7 Å². The summed E-state index contributed by atoms with van der Waals surface area (Å²) in [6.07, 6.45) is 0. The summed E-state index contributed by atoms with van der Waals surface area (Å²) in [4.78, 5) is 18.8. The predicted molar refractivity (Wildman–Crippen MR) is 61.3 cm³/mol. The van der Waals surface area contributed by atoms with Crippen molar-refractivity contribution in [2.24, 2.45) is 0 Å². The molecule has 0 fully saturated rings. The Labute approximate surface area is 106 Å². The number of hydrogen-bond acceptors (Lipinski definition) is 6. The number of carboxylic acid groups (broad SMARTS) is 1. The molecule has 0 aliphatic carbocycles. The molecular formula is C11H7N3O3S. The first-order valence-corrected chi connectivity index (χ1v) is 5.67. The van der Waals surface area contributed by atoms with Gasteiger partial charge in [0.2, 0.25) is 5.76 Å². The van der Waals surface area contributed by atoms with E-state index < -0.39 is 5.97 Å². The van der Waals surface area contributed by atoms with Gasteiger partial charge in [-0.25, -0.2) is 14.8 Å². The maximum atomic E-state index is 10.6. The van der Waals surface area contributed by atoms with Crippen molar-refractivity contribution in [3.8, 4) is 6.07 Å². The standard InChI is InChI=1S/C11H7N3O3S/c1-6-4-7(5-12)14-11(13-6)18-9-3-2-8(17-9)10(15)16/h2-4H,1H3,(H,15,16). The largest absolute Gasteiger partial charge is 0.475 e. The topological polar surface area (TPSA) is 100 Å². The molecule has 0 bridgehead atoms. The Balaban J connectivity index is 2.25. The second kappa shape index (κ2) is 4.89. The van der Waals surface area contributed by atoms with E-state index in [9.17, 15) is 4.79 Å². The van der Waals surface area contributed by atoms with E-state index >= 15 is 0 Å². The van der Waals surface area contributed by atoms with E-state index in [4.69, 9.17) is 14.8 Å². The average molecular weight is 261 g/mol. The van der Waals surface area contributed by atoms with Gasteiger partial charge in [0.05, 0.1) is 0 Å². The number of aryl methyl sites for hydroxylation is 1. The lowest BCUT2D eigenvalue weighted by atomic mass is 10.4. The number of carboxylic acids is 1. The van der Waals surface area contributed by atoms with Crippen molar-refractivity contribution < 1.29 is 14.3 Å². The fourth-order valence-corrected chi connectivity index (χ4v) is 2.01. The van der Waals surface area contributed by atoms with Gasteiger partial charge in [-0.1, -0.05) is 0 Å². The molecule has 18 heavy (non-hydrogen) atoms. The minimum absolute atomic E-state index is 0.148. The lowest BCUT2D eigenvalue weighted by molar-refractivity contribution is 0.0656. The highest BCUT2D eigenvalue weighted by Gasteiger charge is 2.11. The fourth-order valence-electron chi connectivity index (χ4n) is 1.22. The Morgan fingerprint density at radius 1 is 1.50 bits per heavy atom. The van der Waals surface area contributed by atoms with E-state index in [1.807, 2.05) is 6.07 Å². The molecule has 0 radical (unpaired) electrons. The van der Waals surface area contributed by atoms with E-state index in [2.05, 4.69) is 9.97 Å². The van der Waals surface area contributed by atoms with Crippen molar-refractivity contribution in [3.05, 3.63) is 35.3 Å². The highest BCUT2D eigenvalue weighted by Crippen LogP contribution is 2.26. The number of furan rings is 1. The van der Waals surface area contributed by atoms with Crippen molar-refractivity contribution in [1.29, 1.82) is 5.26 Å². The molecule has 0 spiro atoms. The van der Waals surface area contributed by atoms with Crippen molar-refractivity contribution in [3.63, 3.8) is 0 Å². The van der Waals surface area contributed by atoms with Crippen molar-refractivity contribution in [1.82, 2.24) is 9.97 Å². The van der Waals surface area contributed by atoms with Crippen LogP contribution in [0.3, 0.4) is 0 Å². The first-order valence-electron chi connectivity index (χ1n) is 4.85. The summed E-state index contributed by atoms with van der Waals surface area (Å²) in [7, 11) is 0. The molecular weight excluding hydrogens is 254 g/mol. The van der Waals surface area contributed by atoms with E-state index in [1.165, 1.54) is 12.1 Å². The van der Waals surface area contributed by atoms with E-state index in [0.29, 0.717) is 15.9 Å². The number of carbonyl (C=O) groups is 1. The number of nitrogens with zero attached hydrogens (tertiary/aromatic N) is 3. The molecule has 0 atom stereocenters. The van der Waals surface area contributed by atoms with E-state index in [0.717, 1.165) is 11.8 Å². The smallest absolute Gasteiger partial charge is 0.371 e. The summed E-state index contributed by atoms with van der Waals surface area (Å²) in [6.45, 7) is 1.75. The number of rotatable bonds is 3. The summed E-state index contributed by atoms with van der Waals surface area (Å²) in [5, 5.41) is 18.2. The first kappa shape index (κ1) is 12.1. The normalized spacial score (nSPS) is 10.0. The summed E-state index contributed by atoms with van der Waals surface area (Å²) in [5.74, 6) is -1.28. The SMILES string of the molecule is Cc1cc(C#N)nc(Sc2ccc(C(=O)O)o2)n1. The molecule has 2 aromatic heterocycles. The van der Waals surface area contributed by atoms with Crippen molar-refractivity contribution in [2.45, 2.75) is 17.2 Å². The summed E-state index contributed by atoms with van der Waals surface area (Å²) < 4.78 is 5.06. The molecule has 0 aliphatic rings. The lowest BCUT2D eigenvalue weighted by Gasteiger charge is -1.98. The van der Waals surface area contributed by atoms with Crippen LogP contribution < -0.4 is 0 Å². The Hall–Kier alpha value is -2.33. The second-order valence-corrected chi connectivity index (χ2v) is 4.29. The monoisotopic (exact) mass is 261 g/mol. The van der Waals surface area contributed by atoms with Crippen LogP contribution in [0.5, 0.6) is 0 Å². The van der Waals surface area contributed by atoms with Crippen LogP contribution in [-0.2, 0) is 0 Å². The molecule has 2 heterocycles. The predicted octanol–water partition coefficient (Wildman–Crippen LogP) is 2.10. The lowest BCUT2D eigenvalue weighted by Crippen LogP contribution is -1.93. The number of nitriles is 1. The third kappa shape index (κ3) is 2.67. The van der Waals surface area contributed by atoms with Gasteiger partial charge in [0.15, 0.2) is 10.2 Å². The highest BCUT2D eigenvalue weighted by molar-refractivity contribution is 7.99. The Morgan fingerprint density at radius 3 is 2.89 bits per heavy atom. The third-order valence-corrected chi connectivity index (χ3v) is 2.72. The second-order valence-electron chi connectivity index (χ2n) is 3.31. The van der Waals surface area contributed by atoms with E-state index in [-0.39, 0.29) is 11.5 Å². The molecule has 0 saturated carbocycles. The molecule has 0 saturated heterocycles. The van der Waals surface area contributed by atoms with Crippen LogP contribution >= 0.6 is 11.8 Å². The summed E-state index contributed by atoms with van der Waals surface area (Å²) >= 11 is 1.07. The number of hydrogen-bond donors (Lipinski definition) is 1. The number of aromatic nitrogens is 2. The first-order chi connectivity index (χ1) is 8.58. The highest BCUT2D eigenvalue weighted by atomic mass is 32.2. The van der Waals surface area contributed by atoms with Crippen LogP contribution in [-0.4, -0.2) is 21.0 Å². The zero-order valence-electron chi connectivity index (χ0n) is 9.25. The Morgan fingerprint density at radius 2 is 2.28 bits per heavy atom. The van der Waals surface area contributed by atoms with Crippen LogP contribution in [0.25, 0.3) is 0 Å². The summed E-state index contributed by atoms with van der Waals surface area (Å²) in [5.41, 5.74) is 0.920. The van der Waals surface area contributed by atoms with Crippen LogP contribution in [0.4, 0.5) is 0 Å². The Kier molecular flexibility index (Phi) is 3.30. The van der Waals surface area contributed by atoms with Gasteiger partial charge in [0.25, 0.3) is 0 Å². The van der Waals surface area contributed by atoms with Crippen molar-refractivity contribution in [2.75, 3.05) is 0 Å². The van der Waals surface area contributed by atoms with E-state index in [1.54, 1.807) is 13.0 Å². The molecule has 0 aliphatic heterocycles. The molecule has 1 N–H and O–H groups in total. The molecule has 0 unspecified atom stereocenters. The van der Waals surface area contributed by atoms with Crippen LogP contribution in [0.1, 0.15) is 21.9 Å². The third-order valence-electron chi connectivity index (χ3n) is 1.93. The average Bonchev–Trinajstić information content (AvgIpc) is 2.76. The maximum absolute atomic E-state index is 10.6. The van der Waals surface area contributed by atoms with Gasteiger partial charge in [-0.2, -0.15) is 5.26 Å². The van der Waals surface area contributed by atoms with Gasteiger partial charge in [-0.3, -0.25) is 0 Å². The fraction of sp³-hybridized carbons (Fsp3) is 0.0909. The molecule has 7 heteroatoms. The van der Waals surface area contributed by atoms with Crippen LogP contribution in [0, 0.1) is 18.3 Å². The maximum Gasteiger partial charge on any atom is 0.371 e. The van der Waals surface area contributed by atoms with Crippen LogP contribution in [0.15, 0.2) is 32.9 Å². The minimum atomic E-state index is -1.13. The Bertz CT molecular complexity index is 645. The van der Waals surface area contributed by atoms with Crippen LogP contribution in [0.2, 0.25) is 0 Å². The summed E-state index contributed by atoms with van der Waals surface area (Å²) in [6, 6.07) is 6.37. The van der Waals surface area contributed by atoms with Gasteiger partial charge >= 0.3 is 5.97 Å². The molecule has 2 rings (SSSR count). The minimum Gasteiger partial charge on any atom is -0.475 e. The van der Waals surface area contributed by atoms with Gasteiger partial charge in [0.1, 0.15) is 11.8 Å². The zero-order chi connectivity index (χ0) is 13.1. The molecule has 0 aromatic carbocycles. The molecule has 6 nitrogen and oxygen atoms in total. The number of aromatic carboxylic acids is 1. The van der Waals surface area contributed by atoms with Gasteiger partial charge in [-0.15, -0.1) is 0 Å². The zero-order valence-corrected chi connectivity index (χ0v) is 10.1. The molecule has 90 valence electrons. The quantitative estimate of drug-likeness (QED) is 0.844. The van der Waals surface area contributed by atoms with Gasteiger partial charge in [-0.05, 0) is 36.9 Å². The van der Waals surface area contributed by atoms with Gasteiger partial charge < -0.3 is 9.52 Å². The van der Waals surface area contributed by atoms with Gasteiger partial charge in [0, 0.05) is 5.69 Å². The molecule has 2 aromatic rings.